The molecule has 2 rings (SSSR count). The van der Waals surface area contributed by atoms with E-state index in [2.05, 4.69) is 10.3 Å². The Morgan fingerprint density at radius 1 is 1.21 bits per heavy atom. The van der Waals surface area contributed by atoms with Crippen molar-refractivity contribution in [1.29, 1.82) is 0 Å². The van der Waals surface area contributed by atoms with Crippen LogP contribution in [0.15, 0.2) is 42.6 Å². The highest BCUT2D eigenvalue weighted by molar-refractivity contribution is 5.39. The molecule has 2 aromatic rings. The quantitative estimate of drug-likeness (QED) is 0.894. The van der Waals surface area contributed by atoms with Crippen molar-refractivity contribution in [1.82, 2.24) is 10.3 Å². The number of pyridine rings is 1. The molecule has 100 valence electrons. The van der Waals surface area contributed by atoms with E-state index in [1.807, 2.05) is 43.4 Å². The van der Waals surface area contributed by atoms with E-state index >= 15 is 0 Å². The summed E-state index contributed by atoms with van der Waals surface area (Å²) in [7, 11) is 3.81. The first-order chi connectivity index (χ1) is 9.20. The molecule has 0 fully saturated rings. The molecule has 0 unspecified atom stereocenters. The molecular formula is C15H18FN3. The van der Waals surface area contributed by atoms with Crippen LogP contribution in [0.5, 0.6) is 0 Å². The molecule has 0 spiro atoms. The van der Waals surface area contributed by atoms with Crippen LogP contribution >= 0.6 is 0 Å². The van der Waals surface area contributed by atoms with Crippen LogP contribution in [0.25, 0.3) is 0 Å². The van der Waals surface area contributed by atoms with E-state index in [1.54, 1.807) is 12.1 Å². The topological polar surface area (TPSA) is 28.2 Å². The second-order valence-corrected chi connectivity index (χ2v) is 4.50. The van der Waals surface area contributed by atoms with Crippen molar-refractivity contribution < 1.29 is 4.39 Å². The Hall–Kier alpha value is -1.94. The highest BCUT2D eigenvalue weighted by Gasteiger charge is 2.06. The molecule has 19 heavy (non-hydrogen) atoms. The Balaban J connectivity index is 2.07. The van der Waals surface area contributed by atoms with E-state index in [0.717, 1.165) is 17.9 Å². The van der Waals surface area contributed by atoms with Crippen LogP contribution in [-0.4, -0.2) is 19.1 Å². The molecule has 4 heteroatoms. The number of hydrogen-bond donors (Lipinski definition) is 1. The summed E-state index contributed by atoms with van der Waals surface area (Å²) in [6.07, 6.45) is 1.84. The number of hydrogen-bond acceptors (Lipinski definition) is 3. The van der Waals surface area contributed by atoms with Gasteiger partial charge in [0.05, 0.1) is 0 Å². The van der Waals surface area contributed by atoms with E-state index in [9.17, 15) is 4.39 Å². The van der Waals surface area contributed by atoms with Crippen molar-refractivity contribution in [2.75, 3.05) is 19.0 Å². The van der Waals surface area contributed by atoms with Gasteiger partial charge in [0.15, 0.2) is 0 Å². The first-order valence-corrected chi connectivity index (χ1v) is 6.25. The summed E-state index contributed by atoms with van der Waals surface area (Å²) in [4.78, 5) is 6.32. The lowest BCUT2D eigenvalue weighted by Gasteiger charge is -2.18. The normalized spacial score (nSPS) is 10.5. The summed E-state index contributed by atoms with van der Waals surface area (Å²) >= 11 is 0. The summed E-state index contributed by atoms with van der Waals surface area (Å²) in [6.45, 7) is 1.30. The molecule has 0 saturated heterocycles. The third-order valence-corrected chi connectivity index (χ3v) is 2.95. The smallest absolute Gasteiger partial charge is 0.128 e. The van der Waals surface area contributed by atoms with Gasteiger partial charge in [-0.2, -0.15) is 0 Å². The van der Waals surface area contributed by atoms with Gasteiger partial charge >= 0.3 is 0 Å². The first-order valence-electron chi connectivity index (χ1n) is 6.25. The van der Waals surface area contributed by atoms with Gasteiger partial charge in [-0.3, -0.25) is 0 Å². The zero-order valence-corrected chi connectivity index (χ0v) is 11.2. The largest absolute Gasteiger partial charge is 0.355 e. The number of nitrogens with one attached hydrogen (secondary N) is 1. The maximum absolute atomic E-state index is 13.6. The molecule has 1 heterocycles. The highest BCUT2D eigenvalue weighted by atomic mass is 19.1. The SMILES string of the molecule is CNCc1ccc(N(C)Cc2ccccc2F)nc1. The van der Waals surface area contributed by atoms with E-state index in [0.29, 0.717) is 12.1 Å². The average Bonchev–Trinajstić information content (AvgIpc) is 2.42. The molecule has 0 aliphatic carbocycles. The van der Waals surface area contributed by atoms with Gasteiger partial charge in [0.2, 0.25) is 0 Å². The molecule has 1 N–H and O–H groups in total. The minimum absolute atomic E-state index is 0.179. The molecule has 0 saturated carbocycles. The summed E-state index contributed by atoms with van der Waals surface area (Å²) in [6, 6.07) is 10.8. The van der Waals surface area contributed by atoms with Crippen LogP contribution in [0, 0.1) is 5.82 Å². The van der Waals surface area contributed by atoms with Gasteiger partial charge in [-0.1, -0.05) is 24.3 Å². The number of halogens is 1. The Kier molecular flexibility index (Phi) is 4.47. The van der Waals surface area contributed by atoms with Gasteiger partial charge in [0.25, 0.3) is 0 Å². The summed E-state index contributed by atoms with van der Waals surface area (Å²) in [5.41, 5.74) is 1.80. The Morgan fingerprint density at radius 2 is 2.00 bits per heavy atom. The van der Waals surface area contributed by atoms with Gasteiger partial charge in [-0.25, -0.2) is 9.37 Å². The van der Waals surface area contributed by atoms with Gasteiger partial charge in [0.1, 0.15) is 11.6 Å². The lowest BCUT2D eigenvalue weighted by Crippen LogP contribution is -2.18. The Bertz CT molecular complexity index is 525. The van der Waals surface area contributed by atoms with E-state index in [-0.39, 0.29) is 5.82 Å². The lowest BCUT2D eigenvalue weighted by molar-refractivity contribution is 0.607. The molecule has 0 aliphatic rings. The van der Waals surface area contributed by atoms with Gasteiger partial charge < -0.3 is 10.2 Å². The number of nitrogens with zero attached hydrogens (tertiary/aromatic N) is 2. The van der Waals surface area contributed by atoms with E-state index in [4.69, 9.17) is 0 Å². The summed E-state index contributed by atoms with van der Waals surface area (Å²) in [5, 5.41) is 3.08. The Morgan fingerprint density at radius 3 is 2.63 bits per heavy atom. The molecule has 0 bridgehead atoms. The van der Waals surface area contributed by atoms with Gasteiger partial charge in [0, 0.05) is 31.9 Å². The van der Waals surface area contributed by atoms with Crippen LogP contribution < -0.4 is 10.2 Å². The lowest BCUT2D eigenvalue weighted by atomic mass is 10.2. The molecule has 0 radical (unpaired) electrons. The number of anilines is 1. The molecule has 0 amide bonds. The van der Waals surface area contributed by atoms with Crippen molar-refractivity contribution in [3.8, 4) is 0 Å². The average molecular weight is 259 g/mol. The van der Waals surface area contributed by atoms with Crippen molar-refractivity contribution in [2.45, 2.75) is 13.1 Å². The first kappa shape index (κ1) is 13.5. The predicted octanol–water partition coefficient (Wildman–Crippen LogP) is 2.58. The monoisotopic (exact) mass is 259 g/mol. The van der Waals surface area contributed by atoms with E-state index in [1.165, 1.54) is 6.07 Å². The maximum atomic E-state index is 13.6. The standard InChI is InChI=1S/C15H18FN3/c1-17-9-12-7-8-15(18-10-12)19(2)11-13-5-3-4-6-14(13)16/h3-8,10,17H,9,11H2,1-2H3. The second kappa shape index (κ2) is 6.29. The minimum Gasteiger partial charge on any atom is -0.355 e. The van der Waals surface area contributed by atoms with Crippen molar-refractivity contribution in [3.05, 3.63) is 59.5 Å². The third kappa shape index (κ3) is 3.51. The van der Waals surface area contributed by atoms with Crippen LogP contribution in [-0.2, 0) is 13.1 Å². The fraction of sp³-hybridized carbons (Fsp3) is 0.267. The summed E-state index contributed by atoms with van der Waals surface area (Å²) < 4.78 is 13.6. The highest BCUT2D eigenvalue weighted by Crippen LogP contribution is 2.15. The Labute approximate surface area is 113 Å². The van der Waals surface area contributed by atoms with Crippen molar-refractivity contribution in [3.63, 3.8) is 0 Å². The molecular weight excluding hydrogens is 241 g/mol. The zero-order chi connectivity index (χ0) is 13.7. The number of aromatic nitrogens is 1. The van der Waals surface area contributed by atoms with Crippen LogP contribution in [0.1, 0.15) is 11.1 Å². The number of rotatable bonds is 5. The van der Waals surface area contributed by atoms with Crippen molar-refractivity contribution >= 4 is 5.82 Å². The molecule has 1 aromatic heterocycles. The zero-order valence-electron chi connectivity index (χ0n) is 11.2. The van der Waals surface area contributed by atoms with Crippen molar-refractivity contribution in [2.24, 2.45) is 0 Å². The molecule has 1 aromatic carbocycles. The number of benzene rings is 1. The van der Waals surface area contributed by atoms with Crippen LogP contribution in [0.2, 0.25) is 0 Å². The maximum Gasteiger partial charge on any atom is 0.128 e. The van der Waals surface area contributed by atoms with Crippen LogP contribution in [0.3, 0.4) is 0 Å². The molecule has 0 aliphatic heterocycles. The van der Waals surface area contributed by atoms with Crippen LogP contribution in [0.4, 0.5) is 10.2 Å². The predicted molar refractivity (Wildman–Crippen MR) is 75.5 cm³/mol. The fourth-order valence-corrected chi connectivity index (χ4v) is 1.91. The molecule has 3 nitrogen and oxygen atoms in total. The minimum atomic E-state index is -0.179. The third-order valence-electron chi connectivity index (χ3n) is 2.95. The van der Waals surface area contributed by atoms with Gasteiger partial charge in [-0.15, -0.1) is 0 Å². The summed E-state index contributed by atoms with van der Waals surface area (Å²) in [5.74, 6) is 0.657. The van der Waals surface area contributed by atoms with E-state index < -0.39 is 0 Å². The molecule has 0 atom stereocenters. The fourth-order valence-electron chi connectivity index (χ4n) is 1.91. The van der Waals surface area contributed by atoms with Gasteiger partial charge in [-0.05, 0) is 24.7 Å². The second-order valence-electron chi connectivity index (χ2n) is 4.50.